The predicted molar refractivity (Wildman–Crippen MR) is 124 cm³/mol. The largest absolute Gasteiger partial charge is 0.341 e. The van der Waals surface area contributed by atoms with E-state index in [1.165, 1.54) is 16.4 Å². The molecule has 2 aliphatic rings. The van der Waals surface area contributed by atoms with Crippen LogP contribution in [0.5, 0.6) is 0 Å². The zero-order valence-corrected chi connectivity index (χ0v) is 18.3. The number of carbonyl (C=O) groups excluding carboxylic acids is 2. The SMILES string of the molecule is CCn1c2ccccc2c2cc(NC(=O)C(C)N3CCN(C(=O)C4CC4)CC3)ccc21. The molecule has 0 bridgehead atoms. The van der Waals surface area contributed by atoms with Crippen LogP contribution in [0.4, 0.5) is 5.69 Å². The van der Waals surface area contributed by atoms with Gasteiger partial charge >= 0.3 is 0 Å². The molecule has 1 aliphatic carbocycles. The second-order valence-corrected chi connectivity index (χ2v) is 8.79. The molecule has 2 aromatic carbocycles. The number of amides is 2. The van der Waals surface area contributed by atoms with E-state index in [2.05, 4.69) is 58.1 Å². The fourth-order valence-corrected chi connectivity index (χ4v) is 4.80. The number of piperazine rings is 1. The average Bonchev–Trinajstić information content (AvgIpc) is 3.61. The Balaban J connectivity index is 1.29. The van der Waals surface area contributed by atoms with Crippen LogP contribution in [0.25, 0.3) is 21.8 Å². The van der Waals surface area contributed by atoms with E-state index in [0.29, 0.717) is 5.91 Å². The zero-order valence-electron chi connectivity index (χ0n) is 18.3. The fourth-order valence-electron chi connectivity index (χ4n) is 4.80. The van der Waals surface area contributed by atoms with Crippen LogP contribution in [-0.4, -0.2) is 58.4 Å². The van der Waals surface area contributed by atoms with Gasteiger partial charge in [-0.3, -0.25) is 14.5 Å². The van der Waals surface area contributed by atoms with Gasteiger partial charge in [-0.15, -0.1) is 0 Å². The number of aromatic nitrogens is 1. The number of rotatable bonds is 5. The minimum Gasteiger partial charge on any atom is -0.341 e. The van der Waals surface area contributed by atoms with Crippen LogP contribution in [0, 0.1) is 5.92 Å². The van der Waals surface area contributed by atoms with Crippen LogP contribution in [-0.2, 0) is 16.1 Å². The Kier molecular flexibility index (Phi) is 5.18. The maximum absolute atomic E-state index is 13.0. The van der Waals surface area contributed by atoms with Crippen LogP contribution in [0.3, 0.4) is 0 Å². The van der Waals surface area contributed by atoms with Crippen molar-refractivity contribution >= 4 is 39.3 Å². The summed E-state index contributed by atoms with van der Waals surface area (Å²) >= 11 is 0. The Hall–Kier alpha value is -2.86. The van der Waals surface area contributed by atoms with Gasteiger partial charge in [-0.2, -0.15) is 0 Å². The Morgan fingerprint density at radius 1 is 1.00 bits per heavy atom. The van der Waals surface area contributed by atoms with Crippen molar-refractivity contribution < 1.29 is 9.59 Å². The Morgan fingerprint density at radius 2 is 1.71 bits per heavy atom. The van der Waals surface area contributed by atoms with E-state index in [9.17, 15) is 9.59 Å². The highest BCUT2D eigenvalue weighted by Gasteiger charge is 2.35. The van der Waals surface area contributed by atoms with Crippen LogP contribution in [0.15, 0.2) is 42.5 Å². The number of nitrogens with zero attached hydrogens (tertiary/aromatic N) is 3. The van der Waals surface area contributed by atoms with Crippen LogP contribution < -0.4 is 5.32 Å². The van der Waals surface area contributed by atoms with Crippen molar-refractivity contribution in [3.05, 3.63) is 42.5 Å². The maximum atomic E-state index is 13.0. The molecule has 6 heteroatoms. The van der Waals surface area contributed by atoms with Gasteiger partial charge in [0.1, 0.15) is 0 Å². The van der Waals surface area contributed by atoms with E-state index in [1.54, 1.807) is 0 Å². The third-order valence-electron chi connectivity index (χ3n) is 6.84. The average molecular weight is 419 g/mol. The third-order valence-corrected chi connectivity index (χ3v) is 6.84. The Labute approximate surface area is 182 Å². The van der Waals surface area contributed by atoms with Crippen LogP contribution in [0.2, 0.25) is 0 Å². The molecule has 1 aromatic heterocycles. The molecule has 1 unspecified atom stereocenters. The molecule has 0 spiro atoms. The molecular weight excluding hydrogens is 388 g/mol. The minimum atomic E-state index is -0.231. The summed E-state index contributed by atoms with van der Waals surface area (Å²) in [5, 5.41) is 5.49. The van der Waals surface area contributed by atoms with Crippen LogP contribution in [0.1, 0.15) is 26.7 Å². The number of para-hydroxylation sites is 1. The molecule has 31 heavy (non-hydrogen) atoms. The molecule has 2 amide bonds. The Bertz CT molecular complexity index is 1140. The number of carbonyl (C=O) groups is 2. The smallest absolute Gasteiger partial charge is 0.241 e. The van der Waals surface area contributed by atoms with Crippen molar-refractivity contribution in [1.82, 2.24) is 14.4 Å². The number of anilines is 1. The van der Waals surface area contributed by atoms with Crippen molar-refractivity contribution in [3.8, 4) is 0 Å². The number of aryl methyl sites for hydroxylation is 1. The van der Waals surface area contributed by atoms with Crippen molar-refractivity contribution in [2.24, 2.45) is 5.92 Å². The normalized spacial score (nSPS) is 18.5. The summed E-state index contributed by atoms with van der Waals surface area (Å²) in [6.45, 7) is 7.94. The molecule has 3 aromatic rings. The molecule has 162 valence electrons. The van der Waals surface area contributed by atoms with Gasteiger partial charge in [-0.05, 0) is 51.0 Å². The molecule has 1 N–H and O–H groups in total. The standard InChI is InChI=1S/C25H30N4O2/c1-3-29-22-7-5-4-6-20(22)21-16-19(10-11-23(21)29)26-24(30)17(2)27-12-14-28(15-13-27)25(31)18-8-9-18/h4-7,10-11,16-18H,3,8-9,12-15H2,1-2H3,(H,26,30). The lowest BCUT2D eigenvalue weighted by molar-refractivity contribution is -0.135. The van der Waals surface area contributed by atoms with E-state index in [1.807, 2.05) is 17.9 Å². The maximum Gasteiger partial charge on any atom is 0.241 e. The fraction of sp³-hybridized carbons (Fsp3) is 0.440. The van der Waals surface area contributed by atoms with Gasteiger partial charge in [0.2, 0.25) is 11.8 Å². The molecule has 1 atom stereocenters. The highest BCUT2D eigenvalue weighted by Crippen LogP contribution is 2.32. The second kappa shape index (κ2) is 8.00. The third kappa shape index (κ3) is 3.69. The van der Waals surface area contributed by atoms with E-state index in [0.717, 1.165) is 56.6 Å². The summed E-state index contributed by atoms with van der Waals surface area (Å²) in [7, 11) is 0. The molecule has 6 nitrogen and oxygen atoms in total. The van der Waals surface area contributed by atoms with Gasteiger partial charge in [0, 0.05) is 66.1 Å². The van der Waals surface area contributed by atoms with Crippen molar-refractivity contribution in [3.63, 3.8) is 0 Å². The summed E-state index contributed by atoms with van der Waals surface area (Å²) < 4.78 is 2.31. The Morgan fingerprint density at radius 3 is 2.42 bits per heavy atom. The van der Waals surface area contributed by atoms with E-state index in [4.69, 9.17) is 0 Å². The molecule has 2 fully saturated rings. The first kappa shape index (κ1) is 20.1. The summed E-state index contributed by atoms with van der Waals surface area (Å²) in [6, 6.07) is 14.4. The number of nitrogens with one attached hydrogen (secondary N) is 1. The first-order chi connectivity index (χ1) is 15.1. The van der Waals surface area contributed by atoms with E-state index in [-0.39, 0.29) is 17.9 Å². The lowest BCUT2D eigenvalue weighted by Gasteiger charge is -2.37. The molecule has 0 radical (unpaired) electrons. The first-order valence-electron chi connectivity index (χ1n) is 11.4. The monoisotopic (exact) mass is 418 g/mol. The number of fused-ring (bicyclic) bond motifs is 3. The van der Waals surface area contributed by atoms with Crippen molar-refractivity contribution in [1.29, 1.82) is 0 Å². The lowest BCUT2D eigenvalue weighted by atomic mass is 10.1. The van der Waals surface area contributed by atoms with Crippen LogP contribution >= 0.6 is 0 Å². The highest BCUT2D eigenvalue weighted by molar-refractivity contribution is 6.10. The minimum absolute atomic E-state index is 0.000508. The summed E-state index contributed by atoms with van der Waals surface area (Å²) in [6.07, 6.45) is 2.08. The van der Waals surface area contributed by atoms with E-state index >= 15 is 0 Å². The summed E-state index contributed by atoms with van der Waals surface area (Å²) in [5.41, 5.74) is 3.23. The predicted octanol–water partition coefficient (Wildman–Crippen LogP) is 3.70. The highest BCUT2D eigenvalue weighted by atomic mass is 16.2. The second-order valence-electron chi connectivity index (χ2n) is 8.79. The van der Waals surface area contributed by atoms with E-state index < -0.39 is 0 Å². The molecule has 2 heterocycles. The first-order valence-corrected chi connectivity index (χ1v) is 11.4. The van der Waals surface area contributed by atoms with Gasteiger partial charge in [-0.1, -0.05) is 18.2 Å². The summed E-state index contributed by atoms with van der Waals surface area (Å²) in [4.78, 5) is 29.4. The molecule has 1 aliphatic heterocycles. The van der Waals surface area contributed by atoms with Crippen molar-refractivity contribution in [2.75, 3.05) is 31.5 Å². The molecular formula is C25H30N4O2. The number of benzene rings is 2. The van der Waals surface area contributed by atoms with Crippen molar-refractivity contribution in [2.45, 2.75) is 39.3 Å². The lowest BCUT2D eigenvalue weighted by Crippen LogP contribution is -2.54. The number of hydrogen-bond donors (Lipinski definition) is 1. The zero-order chi connectivity index (χ0) is 21.5. The molecule has 1 saturated carbocycles. The molecule has 5 rings (SSSR count). The topological polar surface area (TPSA) is 57.6 Å². The quantitative estimate of drug-likeness (QED) is 0.687. The van der Waals surface area contributed by atoms with Gasteiger partial charge in [0.15, 0.2) is 0 Å². The van der Waals surface area contributed by atoms with Gasteiger partial charge < -0.3 is 14.8 Å². The van der Waals surface area contributed by atoms with Gasteiger partial charge in [-0.25, -0.2) is 0 Å². The number of hydrogen-bond acceptors (Lipinski definition) is 3. The van der Waals surface area contributed by atoms with Gasteiger partial charge in [0.25, 0.3) is 0 Å². The summed E-state index contributed by atoms with van der Waals surface area (Å²) in [5.74, 6) is 0.567. The molecule has 1 saturated heterocycles. The van der Waals surface area contributed by atoms with Gasteiger partial charge in [0.05, 0.1) is 6.04 Å².